The molecule has 132 valence electrons. The number of ether oxygens (including phenoxy) is 1. The van der Waals surface area contributed by atoms with Crippen molar-refractivity contribution in [2.45, 2.75) is 25.3 Å². The zero-order valence-corrected chi connectivity index (χ0v) is 14.9. The normalized spacial score (nSPS) is 21.7. The van der Waals surface area contributed by atoms with Crippen molar-refractivity contribution in [3.8, 4) is 0 Å². The van der Waals surface area contributed by atoms with Crippen LogP contribution >= 0.6 is 11.6 Å². The molecule has 5 nitrogen and oxygen atoms in total. The quantitative estimate of drug-likeness (QED) is 0.669. The van der Waals surface area contributed by atoms with Gasteiger partial charge in [0.05, 0.1) is 25.8 Å². The van der Waals surface area contributed by atoms with E-state index in [4.69, 9.17) is 27.1 Å². The molecule has 2 aliphatic heterocycles. The van der Waals surface area contributed by atoms with Crippen LogP contribution in [0.15, 0.2) is 29.3 Å². The lowest BCUT2D eigenvalue weighted by Gasteiger charge is -2.34. The van der Waals surface area contributed by atoms with Crippen molar-refractivity contribution in [3.05, 3.63) is 34.9 Å². The van der Waals surface area contributed by atoms with Gasteiger partial charge in [-0.05, 0) is 37.0 Å². The van der Waals surface area contributed by atoms with Crippen molar-refractivity contribution in [1.29, 1.82) is 0 Å². The number of hydrogen-bond donors (Lipinski definition) is 1. The van der Waals surface area contributed by atoms with Crippen LogP contribution in [0.2, 0.25) is 5.02 Å². The van der Waals surface area contributed by atoms with Crippen LogP contribution in [0.3, 0.4) is 0 Å². The Morgan fingerprint density at radius 2 is 1.92 bits per heavy atom. The molecule has 1 aromatic carbocycles. The number of aliphatic imine (C=N–C) groups is 1. The number of morpholine rings is 1. The molecule has 0 saturated carbocycles. The topological polar surface area (TPSA) is 54.1 Å². The number of hydrogen-bond acceptors (Lipinski definition) is 3. The second-order valence-electron chi connectivity index (χ2n) is 6.47. The van der Waals surface area contributed by atoms with Gasteiger partial charge in [-0.3, -0.25) is 9.89 Å². The van der Waals surface area contributed by atoms with E-state index in [1.54, 1.807) is 0 Å². The van der Waals surface area contributed by atoms with Crippen LogP contribution in [-0.4, -0.2) is 61.7 Å². The zero-order chi connectivity index (χ0) is 16.8. The van der Waals surface area contributed by atoms with Crippen molar-refractivity contribution >= 4 is 17.6 Å². The number of guanidine groups is 1. The van der Waals surface area contributed by atoms with Gasteiger partial charge in [0.25, 0.3) is 0 Å². The fourth-order valence-electron chi connectivity index (χ4n) is 3.44. The summed E-state index contributed by atoms with van der Waals surface area (Å²) in [5.41, 5.74) is 7.43. The SMILES string of the molecule is NC(=NCC(c1cccc(Cl)c1)N1CCOCC1)N1CCCCC1. The third kappa shape index (κ3) is 4.62. The van der Waals surface area contributed by atoms with E-state index in [1.807, 2.05) is 18.2 Å². The summed E-state index contributed by atoms with van der Waals surface area (Å²) in [6, 6.07) is 8.26. The highest BCUT2D eigenvalue weighted by atomic mass is 35.5. The average molecular weight is 351 g/mol. The summed E-state index contributed by atoms with van der Waals surface area (Å²) >= 11 is 6.20. The summed E-state index contributed by atoms with van der Waals surface area (Å²) in [5, 5.41) is 0.763. The third-order valence-electron chi connectivity index (χ3n) is 4.83. The molecule has 0 amide bonds. The molecule has 6 heteroatoms. The molecule has 3 rings (SSSR count). The number of halogens is 1. The molecule has 2 saturated heterocycles. The fourth-order valence-corrected chi connectivity index (χ4v) is 3.64. The minimum Gasteiger partial charge on any atom is -0.379 e. The van der Waals surface area contributed by atoms with Crippen molar-refractivity contribution in [1.82, 2.24) is 9.80 Å². The van der Waals surface area contributed by atoms with Crippen LogP contribution in [-0.2, 0) is 4.74 Å². The Kier molecular flexibility index (Phi) is 6.35. The smallest absolute Gasteiger partial charge is 0.191 e. The monoisotopic (exact) mass is 350 g/mol. The first-order chi connectivity index (χ1) is 11.7. The summed E-state index contributed by atoms with van der Waals surface area (Å²) in [7, 11) is 0. The predicted molar refractivity (Wildman–Crippen MR) is 98.5 cm³/mol. The first-order valence-corrected chi connectivity index (χ1v) is 9.24. The number of piperidine rings is 1. The van der Waals surface area contributed by atoms with Gasteiger partial charge in [0.2, 0.25) is 0 Å². The third-order valence-corrected chi connectivity index (χ3v) is 5.06. The van der Waals surface area contributed by atoms with Gasteiger partial charge in [-0.15, -0.1) is 0 Å². The lowest BCUT2D eigenvalue weighted by atomic mass is 10.0. The molecule has 24 heavy (non-hydrogen) atoms. The first-order valence-electron chi connectivity index (χ1n) is 8.86. The number of benzene rings is 1. The van der Waals surface area contributed by atoms with Gasteiger partial charge in [0.15, 0.2) is 5.96 Å². The molecule has 2 fully saturated rings. The molecule has 0 aromatic heterocycles. The maximum Gasteiger partial charge on any atom is 0.191 e. The summed E-state index contributed by atoms with van der Waals surface area (Å²) in [6.07, 6.45) is 3.71. The van der Waals surface area contributed by atoms with Gasteiger partial charge in [-0.1, -0.05) is 23.7 Å². The van der Waals surface area contributed by atoms with E-state index < -0.39 is 0 Å². The zero-order valence-electron chi connectivity index (χ0n) is 14.2. The van der Waals surface area contributed by atoms with E-state index in [1.165, 1.54) is 24.8 Å². The summed E-state index contributed by atoms with van der Waals surface area (Å²) in [5.74, 6) is 0.676. The highest BCUT2D eigenvalue weighted by molar-refractivity contribution is 6.30. The lowest BCUT2D eigenvalue weighted by molar-refractivity contribution is 0.0179. The van der Waals surface area contributed by atoms with E-state index in [0.717, 1.165) is 44.4 Å². The van der Waals surface area contributed by atoms with E-state index in [-0.39, 0.29) is 6.04 Å². The first kappa shape index (κ1) is 17.5. The van der Waals surface area contributed by atoms with Gasteiger partial charge in [0, 0.05) is 31.2 Å². The Morgan fingerprint density at radius 1 is 1.17 bits per heavy atom. The summed E-state index contributed by atoms with van der Waals surface area (Å²) in [6.45, 7) is 6.06. The second-order valence-corrected chi connectivity index (χ2v) is 6.90. The van der Waals surface area contributed by atoms with Crippen LogP contribution in [0.5, 0.6) is 0 Å². The van der Waals surface area contributed by atoms with Crippen molar-refractivity contribution in [2.75, 3.05) is 45.9 Å². The van der Waals surface area contributed by atoms with Crippen molar-refractivity contribution in [2.24, 2.45) is 10.7 Å². The molecular weight excluding hydrogens is 324 g/mol. The Balaban J connectivity index is 1.73. The number of nitrogens with two attached hydrogens (primary N) is 1. The Bertz CT molecular complexity index is 554. The van der Waals surface area contributed by atoms with Gasteiger partial charge in [-0.2, -0.15) is 0 Å². The van der Waals surface area contributed by atoms with Gasteiger partial charge in [-0.25, -0.2) is 0 Å². The molecule has 0 spiro atoms. The van der Waals surface area contributed by atoms with Gasteiger partial charge in [0.1, 0.15) is 0 Å². The van der Waals surface area contributed by atoms with Crippen LogP contribution < -0.4 is 5.73 Å². The van der Waals surface area contributed by atoms with E-state index in [0.29, 0.717) is 12.5 Å². The van der Waals surface area contributed by atoms with Gasteiger partial charge < -0.3 is 15.4 Å². The summed E-state index contributed by atoms with van der Waals surface area (Å²) < 4.78 is 5.49. The minimum atomic E-state index is 0.191. The Hall–Kier alpha value is -1.30. The fraction of sp³-hybridized carbons (Fsp3) is 0.611. The molecule has 1 atom stereocenters. The van der Waals surface area contributed by atoms with E-state index in [2.05, 4.69) is 15.9 Å². The van der Waals surface area contributed by atoms with Crippen LogP contribution in [0.4, 0.5) is 0 Å². The van der Waals surface area contributed by atoms with Crippen LogP contribution in [0.25, 0.3) is 0 Å². The van der Waals surface area contributed by atoms with Gasteiger partial charge >= 0.3 is 0 Å². The van der Waals surface area contributed by atoms with Crippen LogP contribution in [0, 0.1) is 0 Å². The standard InChI is InChI=1S/C18H27ClN4O/c19-16-6-4-5-15(13-16)17(22-9-11-24-12-10-22)14-21-18(20)23-7-2-1-3-8-23/h4-6,13,17H,1-3,7-12,14H2,(H2,20,21). The Labute approximate surface area is 149 Å². The molecule has 1 aromatic rings. The number of nitrogens with zero attached hydrogens (tertiary/aromatic N) is 3. The van der Waals surface area contributed by atoms with Crippen LogP contribution in [0.1, 0.15) is 30.9 Å². The molecule has 2 aliphatic rings. The maximum atomic E-state index is 6.24. The number of rotatable bonds is 4. The molecule has 2 N–H and O–H groups in total. The minimum absolute atomic E-state index is 0.191. The van der Waals surface area contributed by atoms with Crippen molar-refractivity contribution < 1.29 is 4.74 Å². The molecule has 2 heterocycles. The second kappa shape index (κ2) is 8.70. The summed E-state index contributed by atoms with van der Waals surface area (Å²) in [4.78, 5) is 9.35. The predicted octanol–water partition coefficient (Wildman–Crippen LogP) is 2.51. The molecule has 0 aliphatic carbocycles. The van der Waals surface area contributed by atoms with E-state index >= 15 is 0 Å². The highest BCUT2D eigenvalue weighted by Gasteiger charge is 2.23. The molecule has 1 unspecified atom stereocenters. The molecular formula is C18H27ClN4O. The molecule has 0 radical (unpaired) electrons. The Morgan fingerprint density at radius 3 is 2.62 bits per heavy atom. The van der Waals surface area contributed by atoms with Crippen molar-refractivity contribution in [3.63, 3.8) is 0 Å². The lowest BCUT2D eigenvalue weighted by Crippen LogP contribution is -2.43. The number of likely N-dealkylation sites (tertiary alicyclic amines) is 1. The van der Waals surface area contributed by atoms with E-state index in [9.17, 15) is 0 Å². The largest absolute Gasteiger partial charge is 0.379 e. The maximum absolute atomic E-state index is 6.24. The average Bonchev–Trinajstić information content (AvgIpc) is 2.63. The molecule has 0 bridgehead atoms. The highest BCUT2D eigenvalue weighted by Crippen LogP contribution is 2.25.